The first kappa shape index (κ1) is 14.8. The Labute approximate surface area is 142 Å². The number of hydrogen-bond donors (Lipinski definition) is 2. The second-order valence-electron chi connectivity index (χ2n) is 5.15. The first-order valence-electron chi connectivity index (χ1n) is 7.56. The van der Waals surface area contributed by atoms with Gasteiger partial charge in [-0.05, 0) is 23.6 Å². The quantitative estimate of drug-likeness (QED) is 0.585. The molecule has 4 rings (SSSR count). The number of imidazole rings is 1. The van der Waals surface area contributed by atoms with Crippen LogP contribution in [0.1, 0.15) is 0 Å². The lowest BCUT2D eigenvalue weighted by Crippen LogP contribution is -2.09. The van der Waals surface area contributed by atoms with E-state index in [1.165, 1.54) is 0 Å². The topological polar surface area (TPSA) is 75.9 Å². The fourth-order valence-corrected chi connectivity index (χ4v) is 3.15. The molecule has 0 radical (unpaired) electrons. The van der Waals surface area contributed by atoms with Gasteiger partial charge in [0, 0.05) is 12.2 Å². The van der Waals surface area contributed by atoms with Gasteiger partial charge in [-0.15, -0.1) is 11.3 Å². The lowest BCUT2D eigenvalue weighted by molar-refractivity contribution is 0.311. The van der Waals surface area contributed by atoms with E-state index in [1.807, 2.05) is 52.4 Å². The SMILES string of the molecule is OCCNc1nc(-c2cccs2)nc2c1ncn2-c1ccccc1. The van der Waals surface area contributed by atoms with Crippen molar-refractivity contribution >= 4 is 28.3 Å². The van der Waals surface area contributed by atoms with Crippen LogP contribution in [-0.4, -0.2) is 37.8 Å². The van der Waals surface area contributed by atoms with Crippen molar-refractivity contribution in [3.8, 4) is 16.4 Å². The highest BCUT2D eigenvalue weighted by Gasteiger charge is 2.15. The summed E-state index contributed by atoms with van der Waals surface area (Å²) in [5, 5.41) is 14.2. The number of nitrogens with zero attached hydrogens (tertiary/aromatic N) is 4. The first-order chi connectivity index (χ1) is 11.9. The summed E-state index contributed by atoms with van der Waals surface area (Å²) in [6.45, 7) is 0.438. The van der Waals surface area contributed by atoms with Crippen LogP contribution in [0, 0.1) is 0 Å². The second kappa shape index (κ2) is 6.38. The number of anilines is 1. The summed E-state index contributed by atoms with van der Waals surface area (Å²) in [6, 6.07) is 13.9. The highest BCUT2D eigenvalue weighted by Crippen LogP contribution is 2.28. The van der Waals surface area contributed by atoms with Crippen molar-refractivity contribution in [2.75, 3.05) is 18.5 Å². The van der Waals surface area contributed by atoms with E-state index in [1.54, 1.807) is 17.7 Å². The summed E-state index contributed by atoms with van der Waals surface area (Å²) in [4.78, 5) is 14.8. The normalized spacial score (nSPS) is 11.0. The van der Waals surface area contributed by atoms with Crippen LogP contribution in [0.3, 0.4) is 0 Å². The summed E-state index contributed by atoms with van der Waals surface area (Å²) < 4.78 is 1.94. The van der Waals surface area contributed by atoms with Crippen LogP contribution < -0.4 is 5.32 Å². The minimum atomic E-state index is 0.0270. The predicted octanol–water partition coefficient (Wildman–Crippen LogP) is 2.95. The molecule has 120 valence electrons. The third-order valence-corrected chi connectivity index (χ3v) is 4.44. The largest absolute Gasteiger partial charge is 0.395 e. The summed E-state index contributed by atoms with van der Waals surface area (Å²) in [5.41, 5.74) is 2.41. The van der Waals surface area contributed by atoms with Crippen LogP contribution in [0.25, 0.3) is 27.6 Å². The van der Waals surface area contributed by atoms with Crippen molar-refractivity contribution in [1.82, 2.24) is 19.5 Å². The molecular formula is C17H15N5OS. The van der Waals surface area contributed by atoms with Crippen LogP contribution in [0.4, 0.5) is 5.82 Å². The van der Waals surface area contributed by atoms with Gasteiger partial charge >= 0.3 is 0 Å². The Morgan fingerprint density at radius 2 is 1.96 bits per heavy atom. The Bertz CT molecular complexity index is 950. The van der Waals surface area contributed by atoms with Gasteiger partial charge in [-0.3, -0.25) is 4.57 Å². The minimum Gasteiger partial charge on any atom is -0.395 e. The molecule has 0 aliphatic heterocycles. The number of aliphatic hydroxyl groups excluding tert-OH is 1. The van der Waals surface area contributed by atoms with E-state index >= 15 is 0 Å². The van der Waals surface area contributed by atoms with Gasteiger partial charge < -0.3 is 10.4 Å². The molecule has 0 unspecified atom stereocenters. The van der Waals surface area contributed by atoms with Crippen molar-refractivity contribution in [2.45, 2.75) is 0 Å². The average Bonchev–Trinajstić information content (AvgIpc) is 3.30. The molecular weight excluding hydrogens is 322 g/mol. The molecule has 0 bridgehead atoms. The molecule has 4 aromatic rings. The molecule has 0 fully saturated rings. The van der Waals surface area contributed by atoms with Gasteiger partial charge in [0.1, 0.15) is 6.33 Å². The smallest absolute Gasteiger partial charge is 0.174 e. The maximum atomic E-state index is 9.11. The van der Waals surface area contributed by atoms with Gasteiger partial charge in [-0.25, -0.2) is 15.0 Å². The predicted molar refractivity (Wildman–Crippen MR) is 95.5 cm³/mol. The van der Waals surface area contributed by atoms with Gasteiger partial charge in [0.2, 0.25) is 0 Å². The Morgan fingerprint density at radius 3 is 2.71 bits per heavy atom. The van der Waals surface area contributed by atoms with Crippen LogP contribution in [-0.2, 0) is 0 Å². The number of rotatable bonds is 5. The molecule has 24 heavy (non-hydrogen) atoms. The lowest BCUT2D eigenvalue weighted by Gasteiger charge is -2.08. The van der Waals surface area contributed by atoms with Crippen molar-refractivity contribution in [3.05, 3.63) is 54.2 Å². The summed E-state index contributed by atoms with van der Waals surface area (Å²) in [6.07, 6.45) is 1.75. The summed E-state index contributed by atoms with van der Waals surface area (Å²) in [5.74, 6) is 1.28. The zero-order chi connectivity index (χ0) is 16.4. The maximum Gasteiger partial charge on any atom is 0.174 e. The van der Waals surface area contributed by atoms with E-state index in [0.717, 1.165) is 16.2 Å². The van der Waals surface area contributed by atoms with Gasteiger partial charge in [0.15, 0.2) is 22.8 Å². The number of para-hydroxylation sites is 1. The molecule has 0 aliphatic carbocycles. The molecule has 6 nitrogen and oxygen atoms in total. The fourth-order valence-electron chi connectivity index (χ4n) is 2.49. The molecule has 0 saturated carbocycles. The van der Waals surface area contributed by atoms with Crippen LogP contribution in [0.5, 0.6) is 0 Å². The maximum absolute atomic E-state index is 9.11. The molecule has 3 aromatic heterocycles. The van der Waals surface area contributed by atoms with E-state index in [0.29, 0.717) is 23.7 Å². The number of nitrogens with one attached hydrogen (secondary N) is 1. The van der Waals surface area contributed by atoms with E-state index in [9.17, 15) is 0 Å². The van der Waals surface area contributed by atoms with E-state index < -0.39 is 0 Å². The van der Waals surface area contributed by atoms with Crippen LogP contribution in [0.15, 0.2) is 54.2 Å². The van der Waals surface area contributed by atoms with Crippen molar-refractivity contribution < 1.29 is 5.11 Å². The third-order valence-electron chi connectivity index (χ3n) is 3.58. The van der Waals surface area contributed by atoms with E-state index in [2.05, 4.69) is 15.3 Å². The lowest BCUT2D eigenvalue weighted by atomic mass is 10.3. The molecule has 7 heteroatoms. The third kappa shape index (κ3) is 2.64. The Morgan fingerprint density at radius 1 is 1.08 bits per heavy atom. The van der Waals surface area contributed by atoms with Gasteiger partial charge in [-0.2, -0.15) is 0 Å². The first-order valence-corrected chi connectivity index (χ1v) is 8.44. The minimum absolute atomic E-state index is 0.0270. The Hall–Kier alpha value is -2.77. The molecule has 0 amide bonds. The van der Waals surface area contributed by atoms with Gasteiger partial charge in [0.25, 0.3) is 0 Å². The van der Waals surface area contributed by atoms with Crippen molar-refractivity contribution in [3.63, 3.8) is 0 Å². The van der Waals surface area contributed by atoms with Gasteiger partial charge in [0.05, 0.1) is 11.5 Å². The van der Waals surface area contributed by atoms with Gasteiger partial charge in [-0.1, -0.05) is 24.3 Å². The second-order valence-corrected chi connectivity index (χ2v) is 6.09. The Balaban J connectivity index is 1.92. The zero-order valence-electron chi connectivity index (χ0n) is 12.8. The monoisotopic (exact) mass is 337 g/mol. The molecule has 0 saturated heterocycles. The Kier molecular flexibility index (Phi) is 3.94. The molecule has 0 spiro atoms. The standard InChI is InChI=1S/C17H15N5OS/c23-9-8-18-16-14-17(21-15(20-16)13-7-4-10-24-13)22(11-19-14)12-5-2-1-3-6-12/h1-7,10-11,23H,8-9H2,(H,18,20,21). The molecule has 0 atom stereocenters. The summed E-state index contributed by atoms with van der Waals surface area (Å²) in [7, 11) is 0. The number of fused-ring (bicyclic) bond motifs is 1. The molecule has 3 heterocycles. The average molecular weight is 337 g/mol. The van der Waals surface area contributed by atoms with E-state index in [-0.39, 0.29) is 6.61 Å². The number of aromatic nitrogens is 4. The number of benzene rings is 1. The fraction of sp³-hybridized carbons (Fsp3) is 0.118. The molecule has 2 N–H and O–H groups in total. The van der Waals surface area contributed by atoms with Crippen LogP contribution >= 0.6 is 11.3 Å². The summed E-state index contributed by atoms with van der Waals surface area (Å²) >= 11 is 1.59. The van der Waals surface area contributed by atoms with Crippen molar-refractivity contribution in [1.29, 1.82) is 0 Å². The van der Waals surface area contributed by atoms with E-state index in [4.69, 9.17) is 10.1 Å². The van der Waals surface area contributed by atoms with Crippen molar-refractivity contribution in [2.24, 2.45) is 0 Å². The molecule has 0 aliphatic rings. The highest BCUT2D eigenvalue weighted by atomic mass is 32.1. The van der Waals surface area contributed by atoms with Crippen LogP contribution in [0.2, 0.25) is 0 Å². The highest BCUT2D eigenvalue weighted by molar-refractivity contribution is 7.13. The molecule has 1 aromatic carbocycles. The number of hydrogen-bond acceptors (Lipinski definition) is 6. The number of thiophene rings is 1. The number of aliphatic hydroxyl groups is 1. The zero-order valence-corrected chi connectivity index (χ0v) is 13.6.